The molecule has 2 amide bonds. The molecule has 1 N–H and O–H groups in total. The molecule has 1 aliphatic rings. The van der Waals surface area contributed by atoms with Crippen LogP contribution in [0.2, 0.25) is 0 Å². The van der Waals surface area contributed by atoms with E-state index in [-0.39, 0.29) is 18.2 Å². The number of amides is 2. The monoisotopic (exact) mass is 342 g/mol. The third kappa shape index (κ3) is 4.02. The van der Waals surface area contributed by atoms with Crippen molar-refractivity contribution in [3.05, 3.63) is 54.0 Å². The Bertz CT molecular complexity index is 727. The van der Waals surface area contributed by atoms with Crippen molar-refractivity contribution in [3.63, 3.8) is 0 Å². The number of furan rings is 1. The number of nitrogens with zero attached hydrogens (tertiary/aromatic N) is 1. The van der Waals surface area contributed by atoms with Gasteiger partial charge in [-0.15, -0.1) is 0 Å². The smallest absolute Gasteiger partial charge is 0.243 e. The van der Waals surface area contributed by atoms with Crippen LogP contribution in [0.25, 0.3) is 0 Å². The number of carbonyl (C=O) groups excluding carboxylic acids is 2. The lowest BCUT2D eigenvalue weighted by Crippen LogP contribution is -2.46. The van der Waals surface area contributed by atoms with E-state index in [9.17, 15) is 9.59 Å². The molecule has 0 bridgehead atoms. The topological polar surface area (TPSA) is 71.8 Å². The van der Waals surface area contributed by atoms with Crippen LogP contribution in [0.1, 0.15) is 24.2 Å². The first-order valence-corrected chi connectivity index (χ1v) is 8.40. The number of nitrogens with one attached hydrogen (secondary N) is 1. The quantitative estimate of drug-likeness (QED) is 0.873. The summed E-state index contributed by atoms with van der Waals surface area (Å²) >= 11 is 0. The summed E-state index contributed by atoms with van der Waals surface area (Å²) in [5.74, 6) is 1.19. The van der Waals surface area contributed by atoms with Crippen LogP contribution in [-0.4, -0.2) is 36.4 Å². The largest absolute Gasteiger partial charge is 0.496 e. The first kappa shape index (κ1) is 17.1. The van der Waals surface area contributed by atoms with Gasteiger partial charge in [0.1, 0.15) is 17.6 Å². The minimum Gasteiger partial charge on any atom is -0.496 e. The van der Waals surface area contributed by atoms with Crippen molar-refractivity contribution >= 4 is 11.8 Å². The van der Waals surface area contributed by atoms with Crippen LogP contribution in [0, 0.1) is 0 Å². The van der Waals surface area contributed by atoms with Crippen LogP contribution in [0.15, 0.2) is 47.1 Å². The lowest BCUT2D eigenvalue weighted by atomic mass is 10.1. The van der Waals surface area contributed by atoms with Gasteiger partial charge in [0.15, 0.2) is 0 Å². The zero-order valence-corrected chi connectivity index (χ0v) is 14.2. The molecule has 1 unspecified atom stereocenters. The first-order chi connectivity index (χ1) is 12.2. The van der Waals surface area contributed by atoms with Crippen molar-refractivity contribution in [2.45, 2.75) is 31.8 Å². The normalized spacial score (nSPS) is 16.7. The second-order valence-electron chi connectivity index (χ2n) is 6.03. The average molecular weight is 342 g/mol. The molecule has 1 saturated heterocycles. The lowest BCUT2D eigenvalue weighted by Gasteiger charge is -2.24. The fourth-order valence-corrected chi connectivity index (χ4v) is 3.16. The number of methoxy groups -OCH3 is 1. The van der Waals surface area contributed by atoms with Gasteiger partial charge in [-0.05, 0) is 31.0 Å². The Balaban J connectivity index is 1.62. The molecule has 3 rings (SSSR count). The molecule has 0 saturated carbocycles. The van der Waals surface area contributed by atoms with Crippen molar-refractivity contribution in [3.8, 4) is 5.75 Å². The van der Waals surface area contributed by atoms with E-state index in [0.717, 1.165) is 12.0 Å². The molecule has 1 aromatic heterocycles. The Morgan fingerprint density at radius 3 is 2.88 bits per heavy atom. The van der Waals surface area contributed by atoms with Gasteiger partial charge in [0, 0.05) is 12.1 Å². The fourth-order valence-electron chi connectivity index (χ4n) is 3.16. The molecular weight excluding hydrogens is 320 g/mol. The van der Waals surface area contributed by atoms with E-state index < -0.39 is 6.04 Å². The molecule has 6 heteroatoms. The summed E-state index contributed by atoms with van der Waals surface area (Å²) in [6, 6.07) is 10.6. The zero-order valence-electron chi connectivity index (χ0n) is 14.2. The maximum absolute atomic E-state index is 12.7. The number of likely N-dealkylation sites (tertiary alicyclic amines) is 1. The Labute approximate surface area is 146 Å². The van der Waals surface area contributed by atoms with Crippen molar-refractivity contribution in [2.75, 3.05) is 13.7 Å². The highest BCUT2D eigenvalue weighted by Gasteiger charge is 2.34. The maximum atomic E-state index is 12.7. The van der Waals surface area contributed by atoms with Crippen molar-refractivity contribution in [1.82, 2.24) is 10.2 Å². The van der Waals surface area contributed by atoms with Gasteiger partial charge >= 0.3 is 0 Å². The number of carbonyl (C=O) groups is 2. The van der Waals surface area contributed by atoms with Gasteiger partial charge in [0.25, 0.3) is 0 Å². The van der Waals surface area contributed by atoms with E-state index in [0.29, 0.717) is 31.0 Å². The molecular formula is C19H22N2O4. The van der Waals surface area contributed by atoms with Gasteiger partial charge in [0.05, 0.1) is 26.3 Å². The van der Waals surface area contributed by atoms with Crippen LogP contribution in [0.3, 0.4) is 0 Å². The van der Waals surface area contributed by atoms with Crippen LogP contribution in [-0.2, 0) is 22.6 Å². The summed E-state index contributed by atoms with van der Waals surface area (Å²) in [4.78, 5) is 26.8. The summed E-state index contributed by atoms with van der Waals surface area (Å²) in [5, 5.41) is 2.85. The molecule has 1 atom stereocenters. The van der Waals surface area contributed by atoms with Gasteiger partial charge < -0.3 is 19.4 Å². The highest BCUT2D eigenvalue weighted by atomic mass is 16.5. The van der Waals surface area contributed by atoms with Crippen molar-refractivity contribution in [2.24, 2.45) is 0 Å². The number of hydrogen-bond donors (Lipinski definition) is 1. The molecule has 1 fully saturated rings. The molecule has 1 aliphatic heterocycles. The molecule has 0 radical (unpaired) electrons. The number of rotatable bonds is 6. The molecule has 2 aromatic rings. The minimum atomic E-state index is -0.419. The number of hydrogen-bond acceptors (Lipinski definition) is 4. The van der Waals surface area contributed by atoms with E-state index in [4.69, 9.17) is 9.15 Å². The van der Waals surface area contributed by atoms with Crippen molar-refractivity contribution in [1.29, 1.82) is 0 Å². The lowest BCUT2D eigenvalue weighted by molar-refractivity contribution is -0.138. The summed E-state index contributed by atoms with van der Waals surface area (Å²) < 4.78 is 10.5. The maximum Gasteiger partial charge on any atom is 0.243 e. The van der Waals surface area contributed by atoms with Crippen LogP contribution < -0.4 is 10.1 Å². The number of para-hydroxylation sites is 1. The van der Waals surface area contributed by atoms with E-state index in [2.05, 4.69) is 5.32 Å². The minimum absolute atomic E-state index is 0.0554. The Morgan fingerprint density at radius 2 is 2.12 bits per heavy atom. The van der Waals surface area contributed by atoms with Crippen LogP contribution in [0.5, 0.6) is 5.75 Å². The molecule has 6 nitrogen and oxygen atoms in total. The molecule has 25 heavy (non-hydrogen) atoms. The van der Waals surface area contributed by atoms with Gasteiger partial charge in [0.2, 0.25) is 11.8 Å². The summed E-state index contributed by atoms with van der Waals surface area (Å²) in [6.07, 6.45) is 3.31. The van der Waals surface area contributed by atoms with E-state index in [1.54, 1.807) is 30.4 Å². The highest BCUT2D eigenvalue weighted by molar-refractivity contribution is 5.89. The Hall–Kier alpha value is -2.76. The average Bonchev–Trinajstić information content (AvgIpc) is 3.31. The molecule has 0 aliphatic carbocycles. The molecule has 132 valence electrons. The zero-order chi connectivity index (χ0) is 17.6. The van der Waals surface area contributed by atoms with Gasteiger partial charge in [-0.2, -0.15) is 0 Å². The van der Waals surface area contributed by atoms with Gasteiger partial charge in [-0.3, -0.25) is 9.59 Å². The Kier molecular flexibility index (Phi) is 5.38. The summed E-state index contributed by atoms with van der Waals surface area (Å²) in [7, 11) is 1.59. The third-order valence-corrected chi connectivity index (χ3v) is 4.43. The predicted octanol–water partition coefficient (Wildman–Crippen LogP) is 2.14. The summed E-state index contributed by atoms with van der Waals surface area (Å²) in [5.41, 5.74) is 0.830. The van der Waals surface area contributed by atoms with Gasteiger partial charge in [-0.25, -0.2) is 0 Å². The second-order valence-corrected chi connectivity index (χ2v) is 6.03. The van der Waals surface area contributed by atoms with Crippen LogP contribution >= 0.6 is 0 Å². The Morgan fingerprint density at radius 1 is 1.28 bits per heavy atom. The van der Waals surface area contributed by atoms with E-state index in [1.165, 1.54) is 0 Å². The number of ether oxygens (including phenoxy) is 1. The molecule has 1 aromatic carbocycles. The fraction of sp³-hybridized carbons (Fsp3) is 0.368. The van der Waals surface area contributed by atoms with Crippen molar-refractivity contribution < 1.29 is 18.7 Å². The third-order valence-electron chi connectivity index (χ3n) is 4.43. The summed E-state index contributed by atoms with van der Waals surface area (Å²) in [6.45, 7) is 0.934. The van der Waals surface area contributed by atoms with E-state index >= 15 is 0 Å². The van der Waals surface area contributed by atoms with Crippen LogP contribution in [0.4, 0.5) is 0 Å². The van der Waals surface area contributed by atoms with E-state index in [1.807, 2.05) is 24.3 Å². The first-order valence-electron chi connectivity index (χ1n) is 8.40. The molecule has 2 heterocycles. The highest BCUT2D eigenvalue weighted by Crippen LogP contribution is 2.22. The standard InChI is InChI=1S/C19H22N2O4/c1-24-17-9-3-2-6-14(17)12-18(22)21-10-4-8-16(21)19(23)20-13-15-7-5-11-25-15/h2-3,5-7,9,11,16H,4,8,10,12-13H2,1H3,(H,20,23). The predicted molar refractivity (Wildman–Crippen MR) is 92.0 cm³/mol. The SMILES string of the molecule is COc1ccccc1CC(=O)N1CCCC1C(=O)NCc1ccco1. The number of benzene rings is 1. The van der Waals surface area contributed by atoms with Gasteiger partial charge in [-0.1, -0.05) is 18.2 Å². The second kappa shape index (κ2) is 7.88. The molecule has 0 spiro atoms.